The molecule has 8 rings (SSSR count). The molecule has 0 atom stereocenters. The Bertz CT molecular complexity index is 1440. The van der Waals surface area contributed by atoms with E-state index in [1.165, 1.54) is 0 Å². The van der Waals surface area contributed by atoms with Crippen molar-refractivity contribution in [1.29, 1.82) is 0 Å². The molecule has 6 aliphatic heterocycles. The van der Waals surface area contributed by atoms with Crippen molar-refractivity contribution in [2.45, 2.75) is 0 Å². The molecule has 8 bridgehead atoms. The first-order valence-electron chi connectivity index (χ1n) is 15.4. The first kappa shape index (κ1) is 33.7. The molecule has 6 aliphatic rings. The van der Waals surface area contributed by atoms with E-state index in [-0.39, 0.29) is 13.2 Å². The minimum absolute atomic E-state index is 0.255. The Morgan fingerprint density at radius 2 is 0.717 bits per heavy atom. The molecule has 0 N–H and O–H groups in total. The van der Waals surface area contributed by atoms with E-state index in [0.717, 1.165) is 52.4 Å². The van der Waals surface area contributed by atoms with E-state index in [0.29, 0.717) is 72.4 Å². The van der Waals surface area contributed by atoms with E-state index in [4.69, 9.17) is 42.1 Å². The number of benzene rings is 2. The van der Waals surface area contributed by atoms with Gasteiger partial charge in [-0.1, -0.05) is 70.6 Å². The van der Waals surface area contributed by atoms with Gasteiger partial charge in [-0.3, -0.25) is 19.6 Å². The molecule has 46 heavy (non-hydrogen) atoms. The van der Waals surface area contributed by atoms with Gasteiger partial charge in [0, 0.05) is 64.5 Å². The molecule has 2 aromatic rings. The largest absolute Gasteiger partial charge is 0.481 e. The summed E-state index contributed by atoms with van der Waals surface area (Å²) in [5, 5.41) is 1.04. The number of piperazine rings is 2. The molecule has 0 spiro atoms. The van der Waals surface area contributed by atoms with Crippen molar-refractivity contribution in [2.24, 2.45) is 0 Å². The molecule has 10 heteroatoms. The number of hydrogen-bond donors (Lipinski definition) is 0. The normalized spacial score (nSPS) is 24.0. The van der Waals surface area contributed by atoms with E-state index in [9.17, 15) is 0 Å². The number of rotatable bonds is 0. The third-order valence-corrected chi connectivity index (χ3v) is 8.29. The van der Waals surface area contributed by atoms with E-state index in [1.807, 2.05) is 12.1 Å². The van der Waals surface area contributed by atoms with Crippen molar-refractivity contribution in [3.05, 3.63) is 46.4 Å². The monoisotopic (exact) mass is 660 g/mol. The van der Waals surface area contributed by atoms with Gasteiger partial charge in [0.25, 0.3) is 0 Å². The summed E-state index contributed by atoms with van der Waals surface area (Å²) < 4.78 is 23.3. The summed E-state index contributed by atoms with van der Waals surface area (Å²) in [5.74, 6) is 27.7. The number of hydrogen-bond acceptors (Lipinski definition) is 8. The number of nitrogens with zero attached hydrogens (tertiary/aromatic N) is 4. The van der Waals surface area contributed by atoms with Crippen molar-refractivity contribution in [3.8, 4) is 70.4 Å². The first-order chi connectivity index (χ1) is 22.6. The minimum Gasteiger partial charge on any atom is -0.481 e. The Balaban J connectivity index is 1.17. The zero-order chi connectivity index (χ0) is 31.8. The lowest BCUT2D eigenvalue weighted by Gasteiger charge is -2.32. The highest BCUT2D eigenvalue weighted by Crippen LogP contribution is 2.30. The van der Waals surface area contributed by atoms with Crippen molar-refractivity contribution in [2.75, 3.05) is 105 Å². The fourth-order valence-electron chi connectivity index (χ4n) is 4.92. The second kappa shape index (κ2) is 18.4. The fourth-order valence-corrected chi connectivity index (χ4v) is 5.26. The van der Waals surface area contributed by atoms with Crippen molar-refractivity contribution < 1.29 is 18.9 Å². The second-order valence-electron chi connectivity index (χ2n) is 10.9. The van der Waals surface area contributed by atoms with Gasteiger partial charge in [0.1, 0.15) is 49.4 Å². The Morgan fingerprint density at radius 1 is 0.413 bits per heavy atom. The topological polar surface area (TPSA) is 49.9 Å². The average molecular weight is 662 g/mol. The zero-order valence-electron chi connectivity index (χ0n) is 26.0. The highest BCUT2D eigenvalue weighted by Gasteiger charge is 2.16. The Morgan fingerprint density at radius 3 is 1.04 bits per heavy atom. The van der Waals surface area contributed by atoms with E-state index >= 15 is 0 Å². The highest BCUT2D eigenvalue weighted by molar-refractivity contribution is 6.32. The maximum absolute atomic E-state index is 6.34. The number of halogens is 2. The molecule has 6 heterocycles. The molecule has 8 nitrogen and oxygen atoms in total. The lowest BCUT2D eigenvalue weighted by molar-refractivity contribution is 0.157. The van der Waals surface area contributed by atoms with Gasteiger partial charge in [0.2, 0.25) is 0 Å². The van der Waals surface area contributed by atoms with E-state index in [1.54, 1.807) is 24.3 Å². The molecule has 2 saturated heterocycles. The van der Waals surface area contributed by atoms with Crippen LogP contribution in [0.4, 0.5) is 0 Å². The van der Waals surface area contributed by atoms with E-state index in [2.05, 4.69) is 67.0 Å². The van der Waals surface area contributed by atoms with Crippen LogP contribution in [0.2, 0.25) is 10.0 Å². The van der Waals surface area contributed by atoms with Crippen LogP contribution in [0.1, 0.15) is 0 Å². The van der Waals surface area contributed by atoms with Crippen LogP contribution in [0.15, 0.2) is 36.4 Å². The maximum Gasteiger partial charge on any atom is 0.149 e. The summed E-state index contributed by atoms with van der Waals surface area (Å²) in [6.07, 6.45) is 0. The quantitative estimate of drug-likeness (QED) is 0.399. The molecule has 0 aromatic heterocycles. The molecule has 0 unspecified atom stereocenters. The van der Waals surface area contributed by atoms with Crippen molar-refractivity contribution in [3.63, 3.8) is 0 Å². The van der Waals surface area contributed by atoms with Crippen LogP contribution in [-0.4, -0.2) is 125 Å². The summed E-state index contributed by atoms with van der Waals surface area (Å²) in [4.78, 5) is 9.34. The van der Waals surface area contributed by atoms with Gasteiger partial charge in [-0.05, 0) is 24.3 Å². The Kier molecular flexibility index (Phi) is 13.5. The molecule has 2 aromatic carbocycles. The van der Waals surface area contributed by atoms with E-state index < -0.39 is 0 Å². The van der Waals surface area contributed by atoms with Crippen molar-refractivity contribution >= 4 is 23.2 Å². The third kappa shape index (κ3) is 11.3. The Hall–Kier alpha value is -3.70. The van der Waals surface area contributed by atoms with Gasteiger partial charge >= 0.3 is 0 Å². The van der Waals surface area contributed by atoms with Gasteiger partial charge in [0.05, 0.1) is 36.2 Å². The van der Waals surface area contributed by atoms with Crippen LogP contribution >= 0.6 is 23.2 Å². The molecule has 240 valence electrons. The first-order valence-corrected chi connectivity index (χ1v) is 16.2. The molecule has 0 saturated carbocycles. The van der Waals surface area contributed by atoms with Gasteiger partial charge in [-0.2, -0.15) is 0 Å². The summed E-state index contributed by atoms with van der Waals surface area (Å²) in [7, 11) is 0. The second-order valence-corrected chi connectivity index (χ2v) is 11.7. The Labute approximate surface area is 282 Å². The van der Waals surface area contributed by atoms with Crippen LogP contribution in [0.5, 0.6) is 23.0 Å². The zero-order valence-corrected chi connectivity index (χ0v) is 27.5. The SMILES string of the molecule is Clc1ccc2cc1OCC#CCN1CCN(CC#CCOc3ccc(Cl)c(c3)OCC#CCN3CCN(CC#CCO2)CC3)CC1. The van der Waals surface area contributed by atoms with Crippen LogP contribution in [0.25, 0.3) is 0 Å². The predicted molar refractivity (Wildman–Crippen MR) is 182 cm³/mol. The standard InChI is InChI=1S/C36H38Cl2N4O4/c37-33-11-9-31-29-35(33)45-27-8-4-16-42-23-19-40(20-24-42)14-2-6-26-44-32-10-12-34(38)36(30-32)46-28-7-3-15-41-21-17-39(18-22-41)13-1-5-25-43-31/h9-12,29-30H,13-28H2. The van der Waals surface area contributed by atoms with Gasteiger partial charge in [-0.15, -0.1) is 0 Å². The minimum atomic E-state index is 0.255. The summed E-state index contributed by atoms with van der Waals surface area (Å²) in [5.41, 5.74) is 0. The van der Waals surface area contributed by atoms with Crippen LogP contribution < -0.4 is 18.9 Å². The van der Waals surface area contributed by atoms with Gasteiger partial charge in [0.15, 0.2) is 0 Å². The lowest BCUT2D eigenvalue weighted by atomic mass is 10.3. The molecule has 0 radical (unpaired) electrons. The summed E-state index contributed by atoms with van der Waals surface area (Å²) in [6, 6.07) is 10.7. The summed E-state index contributed by atoms with van der Waals surface area (Å²) in [6.45, 7) is 11.4. The molecule has 2 fully saturated rings. The lowest BCUT2D eigenvalue weighted by Crippen LogP contribution is -2.46. The molecule has 0 amide bonds. The maximum atomic E-state index is 6.34. The van der Waals surface area contributed by atoms with Gasteiger partial charge in [-0.25, -0.2) is 0 Å². The third-order valence-electron chi connectivity index (χ3n) is 7.67. The van der Waals surface area contributed by atoms with Crippen LogP contribution in [-0.2, 0) is 0 Å². The molecular weight excluding hydrogens is 623 g/mol. The average Bonchev–Trinajstić information content (AvgIpc) is 3.07. The smallest absolute Gasteiger partial charge is 0.149 e. The van der Waals surface area contributed by atoms with Gasteiger partial charge < -0.3 is 18.9 Å². The van der Waals surface area contributed by atoms with Crippen LogP contribution in [0, 0.1) is 47.4 Å². The number of ether oxygens (including phenoxy) is 4. The predicted octanol–water partition coefficient (Wildman–Crippen LogP) is 3.47. The van der Waals surface area contributed by atoms with Crippen molar-refractivity contribution in [1.82, 2.24) is 19.6 Å². The fraction of sp³-hybridized carbons (Fsp3) is 0.444. The molecular formula is C36H38Cl2N4O4. The highest BCUT2D eigenvalue weighted by atomic mass is 35.5. The van der Waals surface area contributed by atoms with Crippen LogP contribution in [0.3, 0.4) is 0 Å². The summed E-state index contributed by atoms with van der Waals surface area (Å²) >= 11 is 12.7. The molecule has 0 aliphatic carbocycles.